The maximum absolute atomic E-state index is 11.3. The summed E-state index contributed by atoms with van der Waals surface area (Å²) in [7, 11) is 0. The molecule has 2 N–H and O–H groups in total. The van der Waals surface area contributed by atoms with Crippen molar-refractivity contribution in [3.05, 3.63) is 0 Å². The van der Waals surface area contributed by atoms with Crippen molar-refractivity contribution in [2.45, 2.75) is 40.5 Å². The molecule has 1 unspecified atom stereocenters. The highest BCUT2D eigenvalue weighted by Crippen LogP contribution is 2.30. The molecule has 0 amide bonds. The van der Waals surface area contributed by atoms with Crippen molar-refractivity contribution >= 4 is 5.97 Å². The fourth-order valence-electron chi connectivity index (χ4n) is 1.42. The van der Waals surface area contributed by atoms with Crippen LogP contribution in [0.3, 0.4) is 0 Å². The lowest BCUT2D eigenvalue weighted by molar-refractivity contribution is -0.156. The summed E-state index contributed by atoms with van der Waals surface area (Å²) in [6, 6.07) is 0. The molecule has 0 rings (SSSR count). The van der Waals surface area contributed by atoms with Crippen molar-refractivity contribution in [3.8, 4) is 0 Å². The van der Waals surface area contributed by atoms with Gasteiger partial charge in [0.1, 0.15) is 0 Å². The average molecular weight is 173 g/mol. The molecule has 0 heterocycles. The number of carbonyl (C=O) groups excluding carboxylic acids is 1. The first-order chi connectivity index (χ1) is 5.46. The number of carbonyl (C=O) groups is 1. The molecular weight excluding hydrogens is 154 g/mol. The molecule has 0 radical (unpaired) electrons. The van der Waals surface area contributed by atoms with Gasteiger partial charge in [-0.15, -0.1) is 0 Å². The molecule has 0 aromatic rings. The summed E-state index contributed by atoms with van der Waals surface area (Å²) in [6.45, 7) is 8.02. The van der Waals surface area contributed by atoms with Crippen LogP contribution < -0.4 is 5.90 Å². The quantitative estimate of drug-likeness (QED) is 0.660. The zero-order chi connectivity index (χ0) is 9.78. The lowest BCUT2D eigenvalue weighted by Gasteiger charge is -2.26. The van der Waals surface area contributed by atoms with Crippen LogP contribution in [0.15, 0.2) is 0 Å². The Labute approximate surface area is 74.2 Å². The van der Waals surface area contributed by atoms with Crippen LogP contribution in [0.2, 0.25) is 0 Å². The summed E-state index contributed by atoms with van der Waals surface area (Å²) in [5.41, 5.74) is -0.414. The van der Waals surface area contributed by atoms with Gasteiger partial charge in [-0.25, -0.2) is 4.79 Å². The minimum Gasteiger partial charge on any atom is -0.373 e. The van der Waals surface area contributed by atoms with E-state index in [1.54, 1.807) is 0 Å². The molecule has 0 fully saturated rings. The van der Waals surface area contributed by atoms with E-state index in [-0.39, 0.29) is 5.97 Å². The molecule has 72 valence electrons. The Morgan fingerprint density at radius 1 is 1.58 bits per heavy atom. The van der Waals surface area contributed by atoms with Crippen molar-refractivity contribution in [3.63, 3.8) is 0 Å². The molecule has 3 heteroatoms. The molecule has 0 spiro atoms. The third-order valence-electron chi connectivity index (χ3n) is 2.24. The van der Waals surface area contributed by atoms with Crippen molar-refractivity contribution in [1.29, 1.82) is 0 Å². The van der Waals surface area contributed by atoms with Gasteiger partial charge in [0.05, 0.1) is 5.41 Å². The fourth-order valence-corrected chi connectivity index (χ4v) is 1.42. The van der Waals surface area contributed by atoms with Gasteiger partial charge in [0, 0.05) is 0 Å². The largest absolute Gasteiger partial charge is 0.373 e. The molecule has 0 bridgehead atoms. The van der Waals surface area contributed by atoms with E-state index in [2.05, 4.69) is 18.7 Å². The molecule has 0 aliphatic rings. The van der Waals surface area contributed by atoms with E-state index in [0.717, 1.165) is 12.8 Å². The molecule has 3 nitrogen and oxygen atoms in total. The van der Waals surface area contributed by atoms with Crippen LogP contribution in [-0.4, -0.2) is 5.97 Å². The summed E-state index contributed by atoms with van der Waals surface area (Å²) >= 11 is 0. The number of rotatable bonds is 4. The summed E-state index contributed by atoms with van der Waals surface area (Å²) in [5.74, 6) is 5.03. The third-order valence-corrected chi connectivity index (χ3v) is 2.24. The normalized spacial score (nSPS) is 15.8. The van der Waals surface area contributed by atoms with E-state index in [4.69, 9.17) is 5.90 Å². The van der Waals surface area contributed by atoms with E-state index in [1.807, 2.05) is 13.8 Å². The zero-order valence-corrected chi connectivity index (χ0v) is 8.39. The predicted molar refractivity (Wildman–Crippen MR) is 48.1 cm³/mol. The van der Waals surface area contributed by atoms with Gasteiger partial charge < -0.3 is 4.84 Å². The lowest BCUT2D eigenvalue weighted by atomic mass is 9.80. The highest BCUT2D eigenvalue weighted by molar-refractivity contribution is 5.75. The van der Waals surface area contributed by atoms with Crippen LogP contribution in [0.1, 0.15) is 40.5 Å². The van der Waals surface area contributed by atoms with Crippen LogP contribution >= 0.6 is 0 Å². The molecule has 0 aromatic heterocycles. The Morgan fingerprint density at radius 2 is 2.08 bits per heavy atom. The molecule has 0 aliphatic heterocycles. The Hall–Kier alpha value is -0.570. The highest BCUT2D eigenvalue weighted by Gasteiger charge is 2.33. The highest BCUT2D eigenvalue weighted by atomic mass is 16.7. The Kier molecular flexibility index (Phi) is 4.24. The molecule has 0 aliphatic carbocycles. The minimum absolute atomic E-state index is 0.307. The van der Waals surface area contributed by atoms with E-state index in [1.165, 1.54) is 0 Å². The maximum Gasteiger partial charge on any atom is 0.330 e. The summed E-state index contributed by atoms with van der Waals surface area (Å²) in [5, 5.41) is 0. The zero-order valence-electron chi connectivity index (χ0n) is 8.39. The standard InChI is InChI=1S/C9H19NO2/c1-5-9(4,6-7(2)3)8(11)12-10/h7H,5-6,10H2,1-4H3. The molecule has 12 heavy (non-hydrogen) atoms. The first kappa shape index (κ1) is 11.4. The first-order valence-electron chi connectivity index (χ1n) is 4.37. The summed E-state index contributed by atoms with van der Waals surface area (Å²) in [4.78, 5) is 15.5. The van der Waals surface area contributed by atoms with E-state index in [9.17, 15) is 4.79 Å². The van der Waals surface area contributed by atoms with E-state index >= 15 is 0 Å². The predicted octanol–water partition coefficient (Wildman–Crippen LogP) is 1.87. The number of hydrogen-bond donors (Lipinski definition) is 1. The second-order valence-electron chi connectivity index (χ2n) is 3.92. The molecule has 0 aromatic carbocycles. The van der Waals surface area contributed by atoms with Gasteiger partial charge in [0.2, 0.25) is 0 Å². The Bertz CT molecular complexity index is 157. The summed E-state index contributed by atoms with van der Waals surface area (Å²) < 4.78 is 0. The van der Waals surface area contributed by atoms with Crippen LogP contribution in [0, 0.1) is 11.3 Å². The van der Waals surface area contributed by atoms with Crippen molar-refractivity contribution < 1.29 is 9.63 Å². The van der Waals surface area contributed by atoms with Gasteiger partial charge in [-0.1, -0.05) is 20.8 Å². The SMILES string of the molecule is CCC(C)(CC(C)C)C(=O)ON. The van der Waals surface area contributed by atoms with Crippen molar-refractivity contribution in [2.75, 3.05) is 0 Å². The fraction of sp³-hybridized carbons (Fsp3) is 0.889. The average Bonchev–Trinajstić information content (AvgIpc) is 2.01. The maximum atomic E-state index is 11.3. The lowest BCUT2D eigenvalue weighted by Crippen LogP contribution is -2.32. The van der Waals surface area contributed by atoms with Gasteiger partial charge in [0.25, 0.3) is 0 Å². The topological polar surface area (TPSA) is 52.3 Å². The van der Waals surface area contributed by atoms with Crippen LogP contribution in [0.25, 0.3) is 0 Å². The van der Waals surface area contributed by atoms with Crippen LogP contribution in [0.5, 0.6) is 0 Å². The Balaban J connectivity index is 4.33. The molecular formula is C9H19NO2. The minimum atomic E-state index is -0.414. The molecule has 0 saturated heterocycles. The molecule has 0 saturated carbocycles. The van der Waals surface area contributed by atoms with Gasteiger partial charge in [-0.2, -0.15) is 5.90 Å². The number of hydrogen-bond acceptors (Lipinski definition) is 3. The van der Waals surface area contributed by atoms with E-state index < -0.39 is 5.41 Å². The second-order valence-corrected chi connectivity index (χ2v) is 3.92. The van der Waals surface area contributed by atoms with Crippen molar-refractivity contribution in [2.24, 2.45) is 17.2 Å². The van der Waals surface area contributed by atoms with Gasteiger partial charge in [-0.05, 0) is 25.7 Å². The van der Waals surface area contributed by atoms with Crippen LogP contribution in [0.4, 0.5) is 0 Å². The smallest absolute Gasteiger partial charge is 0.330 e. The van der Waals surface area contributed by atoms with Gasteiger partial charge in [-0.3, -0.25) is 0 Å². The van der Waals surface area contributed by atoms with Crippen molar-refractivity contribution in [1.82, 2.24) is 0 Å². The van der Waals surface area contributed by atoms with Crippen LogP contribution in [-0.2, 0) is 9.63 Å². The monoisotopic (exact) mass is 173 g/mol. The first-order valence-corrected chi connectivity index (χ1v) is 4.37. The third kappa shape index (κ3) is 2.81. The summed E-state index contributed by atoms with van der Waals surface area (Å²) in [6.07, 6.45) is 1.58. The van der Waals surface area contributed by atoms with E-state index in [0.29, 0.717) is 5.92 Å². The van der Waals surface area contributed by atoms with Gasteiger partial charge >= 0.3 is 5.97 Å². The molecule has 1 atom stereocenters. The number of nitrogens with two attached hydrogens (primary N) is 1. The Morgan fingerprint density at radius 3 is 2.33 bits per heavy atom. The van der Waals surface area contributed by atoms with Gasteiger partial charge in [0.15, 0.2) is 0 Å². The second kappa shape index (κ2) is 4.45.